The van der Waals surface area contributed by atoms with Crippen molar-refractivity contribution in [2.24, 2.45) is 0 Å². The molecule has 2 aromatic rings. The molecule has 29 heavy (non-hydrogen) atoms. The van der Waals surface area contributed by atoms with Gasteiger partial charge in [0, 0.05) is 13.1 Å². The molecule has 1 aliphatic rings. The van der Waals surface area contributed by atoms with E-state index < -0.39 is 20.0 Å². The average Bonchev–Trinajstić information content (AvgIpc) is 2.70. The van der Waals surface area contributed by atoms with Gasteiger partial charge in [-0.05, 0) is 68.7 Å². The average molecular weight is 439 g/mol. The first-order valence-electron chi connectivity index (χ1n) is 9.60. The van der Waals surface area contributed by atoms with Crippen LogP contribution in [0, 0.1) is 6.92 Å². The minimum Gasteiger partial charge on any atom is -0.494 e. The zero-order valence-electron chi connectivity index (χ0n) is 16.6. The second-order valence-electron chi connectivity index (χ2n) is 6.95. The van der Waals surface area contributed by atoms with E-state index in [1.165, 1.54) is 22.5 Å². The van der Waals surface area contributed by atoms with E-state index in [9.17, 15) is 16.8 Å². The van der Waals surface area contributed by atoms with Gasteiger partial charge < -0.3 is 4.74 Å². The SMILES string of the molecule is CCOc1ccc(S(=O)(=O)Nc2ccc(C)c(S(=O)(=O)N3CCCCC3)c2)cc1. The lowest BCUT2D eigenvalue weighted by molar-refractivity contribution is 0.340. The molecule has 9 heteroatoms. The molecular formula is C20H26N2O5S2. The second-order valence-corrected chi connectivity index (χ2v) is 10.5. The number of nitrogens with one attached hydrogen (secondary N) is 1. The molecule has 2 aromatic carbocycles. The van der Waals surface area contributed by atoms with Crippen molar-refractivity contribution in [2.45, 2.75) is 42.9 Å². The number of benzene rings is 2. The molecule has 0 radical (unpaired) electrons. The van der Waals surface area contributed by atoms with Crippen molar-refractivity contribution in [3.05, 3.63) is 48.0 Å². The van der Waals surface area contributed by atoms with E-state index in [0.29, 0.717) is 31.0 Å². The lowest BCUT2D eigenvalue weighted by atomic mass is 10.2. The third-order valence-electron chi connectivity index (χ3n) is 4.82. The minimum atomic E-state index is -3.86. The third-order valence-corrected chi connectivity index (χ3v) is 8.26. The van der Waals surface area contributed by atoms with Crippen molar-refractivity contribution in [3.8, 4) is 5.75 Å². The van der Waals surface area contributed by atoms with Gasteiger partial charge in [-0.3, -0.25) is 4.72 Å². The van der Waals surface area contributed by atoms with Crippen molar-refractivity contribution in [3.63, 3.8) is 0 Å². The first-order chi connectivity index (χ1) is 13.7. The molecule has 0 atom stereocenters. The number of nitrogens with zero attached hydrogens (tertiary/aromatic N) is 1. The lowest BCUT2D eigenvalue weighted by Crippen LogP contribution is -2.36. The molecule has 1 aliphatic heterocycles. The van der Waals surface area contributed by atoms with Crippen LogP contribution >= 0.6 is 0 Å². The van der Waals surface area contributed by atoms with Gasteiger partial charge in [0.2, 0.25) is 10.0 Å². The predicted octanol–water partition coefficient (Wildman–Crippen LogP) is 3.37. The molecule has 0 aliphatic carbocycles. The molecule has 1 saturated heterocycles. The molecule has 7 nitrogen and oxygen atoms in total. The zero-order valence-corrected chi connectivity index (χ0v) is 18.2. The summed E-state index contributed by atoms with van der Waals surface area (Å²) >= 11 is 0. The van der Waals surface area contributed by atoms with Gasteiger partial charge in [-0.1, -0.05) is 12.5 Å². The standard InChI is InChI=1S/C20H26N2O5S2/c1-3-27-18-9-11-19(12-10-18)28(23,24)21-17-8-7-16(2)20(15-17)29(25,26)22-13-5-4-6-14-22/h7-12,15,21H,3-6,13-14H2,1-2H3. The molecule has 3 rings (SSSR count). The van der Waals surface area contributed by atoms with Crippen LogP contribution in [-0.2, 0) is 20.0 Å². The Balaban J connectivity index is 1.87. The maximum Gasteiger partial charge on any atom is 0.261 e. The number of rotatable bonds is 7. The van der Waals surface area contributed by atoms with Gasteiger partial charge in [0.1, 0.15) is 5.75 Å². The quantitative estimate of drug-likeness (QED) is 0.715. The Morgan fingerprint density at radius 3 is 2.24 bits per heavy atom. The first-order valence-corrected chi connectivity index (χ1v) is 12.5. The first kappa shape index (κ1) is 21.6. The molecule has 0 unspecified atom stereocenters. The van der Waals surface area contributed by atoms with Crippen LogP contribution in [0.3, 0.4) is 0 Å². The van der Waals surface area contributed by atoms with Gasteiger partial charge in [0.15, 0.2) is 0 Å². The fourth-order valence-corrected chi connectivity index (χ4v) is 6.10. The molecule has 1 heterocycles. The molecule has 1 N–H and O–H groups in total. The van der Waals surface area contributed by atoms with Crippen LogP contribution in [0.5, 0.6) is 5.75 Å². The maximum absolute atomic E-state index is 13.0. The summed E-state index contributed by atoms with van der Waals surface area (Å²) in [5, 5.41) is 0. The maximum atomic E-state index is 13.0. The van der Waals surface area contributed by atoms with Crippen molar-refractivity contribution in [1.82, 2.24) is 4.31 Å². The van der Waals surface area contributed by atoms with Gasteiger partial charge in [-0.2, -0.15) is 4.31 Å². The highest BCUT2D eigenvalue weighted by Crippen LogP contribution is 2.27. The fourth-order valence-electron chi connectivity index (χ4n) is 3.28. The topological polar surface area (TPSA) is 92.8 Å². The lowest BCUT2D eigenvalue weighted by Gasteiger charge is -2.26. The molecular weight excluding hydrogens is 412 g/mol. The number of sulfonamides is 2. The Kier molecular flexibility index (Phi) is 6.50. The van der Waals surface area contributed by atoms with Crippen molar-refractivity contribution in [2.75, 3.05) is 24.4 Å². The van der Waals surface area contributed by atoms with Crippen molar-refractivity contribution in [1.29, 1.82) is 0 Å². The van der Waals surface area contributed by atoms with Gasteiger partial charge in [-0.15, -0.1) is 0 Å². The van der Waals surface area contributed by atoms with Crippen molar-refractivity contribution < 1.29 is 21.6 Å². The number of aryl methyl sites for hydroxylation is 1. The summed E-state index contributed by atoms with van der Waals surface area (Å²) < 4.78 is 60.8. The highest BCUT2D eigenvalue weighted by Gasteiger charge is 2.28. The van der Waals surface area contributed by atoms with Gasteiger partial charge in [0.25, 0.3) is 10.0 Å². The second kappa shape index (κ2) is 8.73. The third kappa shape index (κ3) is 4.91. The molecule has 1 fully saturated rings. The van der Waals surface area contributed by atoms with Gasteiger partial charge >= 0.3 is 0 Å². The Morgan fingerprint density at radius 1 is 0.966 bits per heavy atom. The largest absolute Gasteiger partial charge is 0.494 e. The molecule has 0 aromatic heterocycles. The molecule has 158 valence electrons. The summed E-state index contributed by atoms with van der Waals surface area (Å²) in [5.41, 5.74) is 0.791. The summed E-state index contributed by atoms with van der Waals surface area (Å²) in [6.45, 7) is 5.02. The molecule has 0 saturated carbocycles. The van der Waals surface area contributed by atoms with Crippen LogP contribution in [0.25, 0.3) is 0 Å². The van der Waals surface area contributed by atoms with Crippen molar-refractivity contribution >= 4 is 25.7 Å². The minimum absolute atomic E-state index is 0.0713. The van der Waals surface area contributed by atoms with Crippen LogP contribution in [-0.4, -0.2) is 40.8 Å². The van der Waals surface area contributed by atoms with E-state index in [-0.39, 0.29) is 15.5 Å². The van der Waals surface area contributed by atoms with E-state index in [1.807, 2.05) is 6.92 Å². The van der Waals surface area contributed by atoms with E-state index in [1.54, 1.807) is 31.2 Å². The van der Waals surface area contributed by atoms with Crippen LogP contribution < -0.4 is 9.46 Å². The Hall–Kier alpha value is -2.10. The highest BCUT2D eigenvalue weighted by atomic mass is 32.2. The van der Waals surface area contributed by atoms with Crippen LogP contribution in [0.15, 0.2) is 52.3 Å². The van der Waals surface area contributed by atoms with E-state index in [2.05, 4.69) is 4.72 Å². The van der Waals surface area contributed by atoms with Crippen LogP contribution in [0.4, 0.5) is 5.69 Å². The summed E-state index contributed by atoms with van der Waals surface area (Å²) in [7, 11) is -7.52. The molecule has 0 spiro atoms. The highest BCUT2D eigenvalue weighted by molar-refractivity contribution is 7.92. The monoisotopic (exact) mass is 438 g/mol. The summed E-state index contributed by atoms with van der Waals surface area (Å²) in [6, 6.07) is 10.6. The normalized spacial score (nSPS) is 15.8. The zero-order chi connectivity index (χ0) is 21.1. The Bertz CT molecular complexity index is 1060. The van der Waals surface area contributed by atoms with Gasteiger partial charge in [0.05, 0.1) is 22.1 Å². The fraction of sp³-hybridized carbons (Fsp3) is 0.400. The summed E-state index contributed by atoms with van der Waals surface area (Å²) in [4.78, 5) is 0.202. The smallest absolute Gasteiger partial charge is 0.261 e. The van der Waals surface area contributed by atoms with Gasteiger partial charge in [-0.25, -0.2) is 16.8 Å². The molecule has 0 amide bonds. The number of ether oxygens (including phenoxy) is 1. The number of piperidine rings is 1. The summed E-state index contributed by atoms with van der Waals surface area (Å²) in [6.07, 6.45) is 2.69. The van der Waals surface area contributed by atoms with E-state index in [4.69, 9.17) is 4.74 Å². The van der Waals surface area contributed by atoms with Crippen LogP contribution in [0.1, 0.15) is 31.7 Å². The van der Waals surface area contributed by atoms with E-state index >= 15 is 0 Å². The number of hydrogen-bond acceptors (Lipinski definition) is 5. The molecule has 0 bridgehead atoms. The Morgan fingerprint density at radius 2 is 1.62 bits per heavy atom. The summed E-state index contributed by atoms with van der Waals surface area (Å²) in [5.74, 6) is 0.580. The van der Waals surface area contributed by atoms with E-state index in [0.717, 1.165) is 19.3 Å². The number of hydrogen-bond donors (Lipinski definition) is 1. The van der Waals surface area contributed by atoms with Crippen LogP contribution in [0.2, 0.25) is 0 Å². The Labute approximate surface area is 172 Å². The number of anilines is 1. The predicted molar refractivity (Wildman–Crippen MR) is 112 cm³/mol.